The summed E-state index contributed by atoms with van der Waals surface area (Å²) in [7, 11) is 0. The summed E-state index contributed by atoms with van der Waals surface area (Å²) in [6, 6.07) is 1.98. The van der Waals surface area contributed by atoms with Gasteiger partial charge in [-0.1, -0.05) is 44.2 Å². The van der Waals surface area contributed by atoms with Crippen molar-refractivity contribution in [3.05, 3.63) is 17.4 Å². The highest BCUT2D eigenvalue weighted by atomic mass is 35.5. The molecule has 130 valence electrons. The Morgan fingerprint density at radius 1 is 1.43 bits per heavy atom. The molecule has 0 saturated carbocycles. The first-order chi connectivity index (χ1) is 10.9. The van der Waals surface area contributed by atoms with E-state index >= 15 is 0 Å². The Kier molecular flexibility index (Phi) is 6.50. The number of nitrogens with zero attached hydrogens (tertiary/aromatic N) is 1. The standard InChI is InChI=1S/C17H28ClN3O2/c1-4-5-6-7-8-12(14-11-22-17(2,3)23-14)21-13-9-10-20-16(18)15(13)19/h9-10,12,14H,4-8,11,19H2,1-3H3,(H,20,21)/t12-,14+/m1/s1. The lowest BCUT2D eigenvalue weighted by Gasteiger charge is -2.27. The zero-order chi connectivity index (χ0) is 16.9. The zero-order valence-corrected chi connectivity index (χ0v) is 15.0. The van der Waals surface area contributed by atoms with Crippen LogP contribution in [0.2, 0.25) is 5.15 Å². The van der Waals surface area contributed by atoms with E-state index in [9.17, 15) is 0 Å². The molecule has 0 unspecified atom stereocenters. The number of aromatic nitrogens is 1. The minimum Gasteiger partial charge on any atom is -0.395 e. The largest absolute Gasteiger partial charge is 0.395 e. The second-order valence-corrected chi connectivity index (χ2v) is 6.89. The number of halogens is 1. The van der Waals surface area contributed by atoms with Gasteiger partial charge in [-0.25, -0.2) is 4.98 Å². The van der Waals surface area contributed by atoms with E-state index in [2.05, 4.69) is 17.2 Å². The molecule has 5 nitrogen and oxygen atoms in total. The van der Waals surface area contributed by atoms with Gasteiger partial charge >= 0.3 is 0 Å². The van der Waals surface area contributed by atoms with Crippen LogP contribution in [0.25, 0.3) is 0 Å². The number of anilines is 2. The topological polar surface area (TPSA) is 69.4 Å². The number of pyridine rings is 1. The summed E-state index contributed by atoms with van der Waals surface area (Å²) in [5.41, 5.74) is 7.31. The second-order valence-electron chi connectivity index (χ2n) is 6.53. The Morgan fingerprint density at radius 2 is 2.22 bits per heavy atom. The average Bonchev–Trinajstić information content (AvgIpc) is 2.87. The fourth-order valence-corrected chi connectivity index (χ4v) is 2.99. The molecule has 2 rings (SSSR count). The summed E-state index contributed by atoms with van der Waals surface area (Å²) < 4.78 is 11.8. The van der Waals surface area contributed by atoms with Gasteiger partial charge in [-0.2, -0.15) is 0 Å². The molecular formula is C17H28ClN3O2. The van der Waals surface area contributed by atoms with Crippen LogP contribution < -0.4 is 11.1 Å². The first-order valence-electron chi connectivity index (χ1n) is 8.41. The Bertz CT molecular complexity index is 511. The smallest absolute Gasteiger partial charge is 0.163 e. The van der Waals surface area contributed by atoms with E-state index in [0.717, 1.165) is 18.5 Å². The lowest BCUT2D eigenvalue weighted by atomic mass is 10.0. The lowest BCUT2D eigenvalue weighted by molar-refractivity contribution is -0.140. The summed E-state index contributed by atoms with van der Waals surface area (Å²) in [5.74, 6) is -0.532. The highest BCUT2D eigenvalue weighted by Gasteiger charge is 2.37. The number of hydrogen-bond acceptors (Lipinski definition) is 5. The van der Waals surface area contributed by atoms with E-state index in [4.69, 9.17) is 26.8 Å². The van der Waals surface area contributed by atoms with Gasteiger partial charge in [-0.3, -0.25) is 0 Å². The Hall–Kier alpha value is -1.04. The van der Waals surface area contributed by atoms with Crippen LogP contribution >= 0.6 is 11.6 Å². The highest BCUT2D eigenvalue weighted by Crippen LogP contribution is 2.30. The molecule has 6 heteroatoms. The summed E-state index contributed by atoms with van der Waals surface area (Å²) >= 11 is 6.02. The van der Waals surface area contributed by atoms with Crippen molar-refractivity contribution in [2.24, 2.45) is 0 Å². The number of nitrogen functional groups attached to an aromatic ring is 1. The molecule has 0 aromatic carbocycles. The van der Waals surface area contributed by atoms with E-state index in [0.29, 0.717) is 17.4 Å². The summed E-state index contributed by atoms with van der Waals surface area (Å²) in [5, 5.41) is 3.81. The van der Waals surface area contributed by atoms with E-state index in [1.165, 1.54) is 19.3 Å². The van der Waals surface area contributed by atoms with Gasteiger partial charge in [0.05, 0.1) is 24.0 Å². The first kappa shape index (κ1) is 18.3. The summed E-state index contributed by atoms with van der Waals surface area (Å²) in [6.45, 7) is 6.68. The molecular weight excluding hydrogens is 314 g/mol. The fraction of sp³-hybridized carbons (Fsp3) is 0.706. The third-order valence-corrected chi connectivity index (χ3v) is 4.43. The van der Waals surface area contributed by atoms with Crippen LogP contribution in [0.5, 0.6) is 0 Å². The van der Waals surface area contributed by atoms with Gasteiger partial charge in [-0.05, 0) is 26.3 Å². The molecule has 1 saturated heterocycles. The molecule has 0 aliphatic carbocycles. The van der Waals surface area contributed by atoms with Gasteiger partial charge in [0.2, 0.25) is 0 Å². The SMILES string of the molecule is CCCCCC[C@@H](Nc1ccnc(Cl)c1N)[C@@H]1COC(C)(C)O1. The number of ether oxygens (including phenoxy) is 2. The second kappa shape index (κ2) is 8.18. The third-order valence-electron chi connectivity index (χ3n) is 4.13. The lowest BCUT2D eigenvalue weighted by Crippen LogP contribution is -2.37. The van der Waals surface area contributed by atoms with Crippen LogP contribution in [0, 0.1) is 0 Å². The average molecular weight is 342 g/mol. The normalized spacial score (nSPS) is 21.3. The molecule has 1 aromatic heterocycles. The van der Waals surface area contributed by atoms with Gasteiger partial charge < -0.3 is 20.5 Å². The number of unbranched alkanes of at least 4 members (excludes halogenated alkanes) is 3. The van der Waals surface area contributed by atoms with Crippen molar-refractivity contribution in [3.8, 4) is 0 Å². The van der Waals surface area contributed by atoms with Gasteiger partial charge in [0.25, 0.3) is 0 Å². The maximum atomic E-state index is 6.04. The van der Waals surface area contributed by atoms with Crippen molar-refractivity contribution in [2.45, 2.75) is 70.8 Å². The van der Waals surface area contributed by atoms with Crippen molar-refractivity contribution in [2.75, 3.05) is 17.7 Å². The number of hydrogen-bond donors (Lipinski definition) is 2. The van der Waals surface area contributed by atoms with Gasteiger partial charge in [0.15, 0.2) is 10.9 Å². The molecule has 23 heavy (non-hydrogen) atoms. The zero-order valence-electron chi connectivity index (χ0n) is 14.3. The molecule has 1 aliphatic rings. The van der Waals surface area contributed by atoms with E-state index in [1.54, 1.807) is 6.20 Å². The van der Waals surface area contributed by atoms with Crippen LogP contribution in [0.3, 0.4) is 0 Å². The van der Waals surface area contributed by atoms with Crippen LogP contribution in [0.4, 0.5) is 11.4 Å². The molecule has 1 aliphatic heterocycles. The monoisotopic (exact) mass is 341 g/mol. The maximum absolute atomic E-state index is 6.04. The van der Waals surface area contributed by atoms with Crippen LogP contribution in [-0.2, 0) is 9.47 Å². The van der Waals surface area contributed by atoms with Crippen molar-refractivity contribution in [3.63, 3.8) is 0 Å². The predicted molar refractivity (Wildman–Crippen MR) is 94.7 cm³/mol. The van der Waals surface area contributed by atoms with Crippen LogP contribution in [-0.4, -0.2) is 29.5 Å². The highest BCUT2D eigenvalue weighted by molar-refractivity contribution is 6.32. The van der Waals surface area contributed by atoms with E-state index in [-0.39, 0.29) is 12.1 Å². The van der Waals surface area contributed by atoms with Gasteiger partial charge in [-0.15, -0.1) is 0 Å². The molecule has 1 aromatic rings. The summed E-state index contributed by atoms with van der Waals surface area (Å²) in [4.78, 5) is 4.00. The molecule has 0 radical (unpaired) electrons. The Morgan fingerprint density at radius 3 is 2.87 bits per heavy atom. The Balaban J connectivity index is 2.05. The maximum Gasteiger partial charge on any atom is 0.163 e. The molecule has 2 heterocycles. The van der Waals surface area contributed by atoms with E-state index in [1.807, 2.05) is 19.9 Å². The van der Waals surface area contributed by atoms with Gasteiger partial charge in [0, 0.05) is 6.20 Å². The van der Waals surface area contributed by atoms with Crippen molar-refractivity contribution in [1.29, 1.82) is 0 Å². The van der Waals surface area contributed by atoms with Gasteiger partial charge in [0.1, 0.15) is 6.10 Å². The van der Waals surface area contributed by atoms with Crippen LogP contribution in [0.1, 0.15) is 52.9 Å². The molecule has 3 N–H and O–H groups in total. The first-order valence-corrected chi connectivity index (χ1v) is 8.79. The third kappa shape index (κ3) is 5.23. The minimum atomic E-state index is -0.532. The van der Waals surface area contributed by atoms with E-state index < -0.39 is 5.79 Å². The molecule has 0 spiro atoms. The van der Waals surface area contributed by atoms with Crippen molar-refractivity contribution < 1.29 is 9.47 Å². The van der Waals surface area contributed by atoms with Crippen molar-refractivity contribution in [1.82, 2.24) is 4.98 Å². The molecule has 1 fully saturated rings. The minimum absolute atomic E-state index is 0.00188. The molecule has 0 bridgehead atoms. The van der Waals surface area contributed by atoms with Crippen LogP contribution in [0.15, 0.2) is 12.3 Å². The van der Waals surface area contributed by atoms with Crippen molar-refractivity contribution >= 4 is 23.0 Å². The number of nitrogens with two attached hydrogens (primary N) is 1. The fourth-order valence-electron chi connectivity index (χ4n) is 2.83. The number of nitrogens with one attached hydrogen (secondary N) is 1. The molecule has 0 amide bonds. The number of rotatable bonds is 8. The summed E-state index contributed by atoms with van der Waals surface area (Å²) in [6.07, 6.45) is 7.50. The molecule has 2 atom stereocenters. The quantitative estimate of drug-likeness (QED) is 0.547. The Labute approximate surface area is 143 Å². The predicted octanol–water partition coefficient (Wildman–Crippen LogP) is 4.22.